The molecule has 1 aromatic rings. The molecule has 2 amide bonds. The molecule has 1 rings (SSSR count). The van der Waals surface area contributed by atoms with Gasteiger partial charge in [0.2, 0.25) is 11.8 Å². The van der Waals surface area contributed by atoms with Crippen molar-refractivity contribution in [2.45, 2.75) is 69.9 Å². The molecule has 0 aliphatic heterocycles. The highest BCUT2D eigenvalue weighted by molar-refractivity contribution is 5.90. The maximum Gasteiger partial charge on any atom is 0.225 e. The van der Waals surface area contributed by atoms with Gasteiger partial charge in [-0.1, -0.05) is 36.8 Å². The van der Waals surface area contributed by atoms with Crippen molar-refractivity contribution < 1.29 is 34.2 Å². The van der Waals surface area contributed by atoms with E-state index < -0.39 is 54.7 Å². The van der Waals surface area contributed by atoms with E-state index in [0.29, 0.717) is 38.6 Å². The number of primary amides is 1. The number of nitrogens with two attached hydrogens (primary N) is 3. The fraction of sp³-hybridized carbons (Fsp3) is 0.593. The number of amides is 2. The minimum absolute atomic E-state index is 0.0448. The maximum absolute atomic E-state index is 12.4. The summed E-state index contributed by atoms with van der Waals surface area (Å²) in [6.07, 6.45) is 2.45. The summed E-state index contributed by atoms with van der Waals surface area (Å²) in [4.78, 5) is 60.0. The van der Waals surface area contributed by atoms with Gasteiger partial charge in [0.1, 0.15) is 11.6 Å². The predicted octanol–water partition coefficient (Wildman–Crippen LogP) is -0.470. The summed E-state index contributed by atoms with van der Waals surface area (Å²) in [5, 5.41) is 21.4. The van der Waals surface area contributed by atoms with Crippen LogP contribution in [-0.2, 0) is 30.4 Å². The first-order valence-corrected chi connectivity index (χ1v) is 13.0. The van der Waals surface area contributed by atoms with Crippen molar-refractivity contribution in [3.8, 4) is 0 Å². The highest BCUT2D eigenvalue weighted by Gasteiger charge is 2.25. The summed E-state index contributed by atoms with van der Waals surface area (Å²) in [5.41, 5.74) is 17.8. The number of carbonyl (C=O) groups excluding carboxylic acids is 5. The molecule has 0 heterocycles. The predicted molar refractivity (Wildman–Crippen MR) is 141 cm³/mol. The van der Waals surface area contributed by atoms with Crippen LogP contribution in [0, 0.1) is 11.8 Å². The minimum atomic E-state index is -0.977. The van der Waals surface area contributed by atoms with Crippen molar-refractivity contribution in [2.24, 2.45) is 29.0 Å². The molecule has 4 unspecified atom stereocenters. The largest absolute Gasteiger partial charge is 0.396 e. The van der Waals surface area contributed by atoms with E-state index in [-0.39, 0.29) is 37.2 Å². The number of ketones is 3. The van der Waals surface area contributed by atoms with Gasteiger partial charge in [0, 0.05) is 32.2 Å². The lowest BCUT2D eigenvalue weighted by molar-refractivity contribution is -0.131. The van der Waals surface area contributed by atoms with E-state index in [1.807, 2.05) is 30.3 Å². The number of aliphatic hydroxyl groups excluding tert-OH is 2. The van der Waals surface area contributed by atoms with Gasteiger partial charge in [-0.05, 0) is 31.2 Å². The Morgan fingerprint density at radius 2 is 1.39 bits per heavy atom. The van der Waals surface area contributed by atoms with Crippen LogP contribution in [0.1, 0.15) is 56.9 Å². The first-order valence-electron chi connectivity index (χ1n) is 13.0. The average molecular weight is 535 g/mol. The lowest BCUT2D eigenvalue weighted by Gasteiger charge is -2.16. The zero-order chi connectivity index (χ0) is 28.5. The molecule has 0 aromatic heterocycles. The Morgan fingerprint density at radius 1 is 0.789 bits per heavy atom. The molecule has 0 bridgehead atoms. The molecule has 4 atom stereocenters. The second kappa shape index (κ2) is 18.3. The van der Waals surface area contributed by atoms with Crippen molar-refractivity contribution in [1.29, 1.82) is 0 Å². The molecular formula is C27H42N4O7. The van der Waals surface area contributed by atoms with Crippen LogP contribution in [0.3, 0.4) is 0 Å². The zero-order valence-electron chi connectivity index (χ0n) is 21.8. The molecule has 0 radical (unpaired) electrons. The van der Waals surface area contributed by atoms with Crippen LogP contribution in [-0.4, -0.2) is 71.2 Å². The van der Waals surface area contributed by atoms with Gasteiger partial charge in [0.25, 0.3) is 0 Å². The molecule has 0 saturated heterocycles. The van der Waals surface area contributed by atoms with Crippen molar-refractivity contribution in [3.63, 3.8) is 0 Å². The number of benzene rings is 1. The molecule has 38 heavy (non-hydrogen) atoms. The molecule has 0 aliphatic carbocycles. The Kier molecular flexibility index (Phi) is 15.9. The maximum atomic E-state index is 12.4. The van der Waals surface area contributed by atoms with Crippen LogP contribution in [0.5, 0.6) is 0 Å². The lowest BCUT2D eigenvalue weighted by Crippen LogP contribution is -2.39. The molecule has 11 nitrogen and oxygen atoms in total. The Hall–Kier alpha value is -2.99. The van der Waals surface area contributed by atoms with Crippen molar-refractivity contribution in [3.05, 3.63) is 35.9 Å². The van der Waals surface area contributed by atoms with Crippen LogP contribution < -0.4 is 22.5 Å². The third-order valence-corrected chi connectivity index (χ3v) is 6.40. The van der Waals surface area contributed by atoms with Crippen LogP contribution in [0.4, 0.5) is 0 Å². The summed E-state index contributed by atoms with van der Waals surface area (Å²) in [7, 11) is 0. The first-order chi connectivity index (χ1) is 18.1. The second-order valence-corrected chi connectivity index (χ2v) is 9.58. The second-order valence-electron chi connectivity index (χ2n) is 9.58. The molecule has 0 saturated carbocycles. The van der Waals surface area contributed by atoms with Gasteiger partial charge >= 0.3 is 0 Å². The summed E-state index contributed by atoms with van der Waals surface area (Å²) in [6.45, 7) is -0.647. The van der Waals surface area contributed by atoms with Crippen molar-refractivity contribution in [2.75, 3.05) is 19.8 Å². The number of nitrogens with one attached hydrogen (secondary N) is 1. The first kappa shape index (κ1) is 33.0. The number of hydrogen-bond donors (Lipinski definition) is 6. The normalized spacial score (nSPS) is 14.2. The Morgan fingerprint density at radius 3 is 2.00 bits per heavy atom. The highest BCUT2D eigenvalue weighted by atomic mass is 16.3. The van der Waals surface area contributed by atoms with E-state index in [9.17, 15) is 29.1 Å². The average Bonchev–Trinajstić information content (AvgIpc) is 2.90. The van der Waals surface area contributed by atoms with Crippen LogP contribution in [0.15, 0.2) is 30.3 Å². The summed E-state index contributed by atoms with van der Waals surface area (Å²) >= 11 is 0. The summed E-state index contributed by atoms with van der Waals surface area (Å²) < 4.78 is 0. The third kappa shape index (κ3) is 13.0. The summed E-state index contributed by atoms with van der Waals surface area (Å²) in [6, 6.07) is 7.67. The van der Waals surface area contributed by atoms with Gasteiger partial charge < -0.3 is 32.7 Å². The van der Waals surface area contributed by atoms with E-state index in [2.05, 4.69) is 5.32 Å². The third-order valence-electron chi connectivity index (χ3n) is 6.40. The van der Waals surface area contributed by atoms with Crippen LogP contribution in [0.25, 0.3) is 0 Å². The molecule has 1 aromatic carbocycles. The van der Waals surface area contributed by atoms with E-state index in [0.717, 1.165) is 5.56 Å². The number of aliphatic hydroxyl groups is 2. The minimum Gasteiger partial charge on any atom is -0.396 e. The van der Waals surface area contributed by atoms with E-state index >= 15 is 0 Å². The number of carbonyl (C=O) groups is 5. The molecular weight excluding hydrogens is 492 g/mol. The smallest absolute Gasteiger partial charge is 0.225 e. The molecule has 0 fully saturated rings. The summed E-state index contributed by atoms with van der Waals surface area (Å²) in [5.74, 6) is -3.79. The van der Waals surface area contributed by atoms with Gasteiger partial charge in [-0.25, -0.2) is 0 Å². The Balaban J connectivity index is 2.23. The van der Waals surface area contributed by atoms with Crippen molar-refractivity contribution >= 4 is 29.2 Å². The quantitative estimate of drug-likeness (QED) is 0.112. The van der Waals surface area contributed by atoms with Crippen LogP contribution in [0.2, 0.25) is 0 Å². The SMILES string of the molecule is NC(=O)C(CO)CC(=O)C(N)CCC(=O)CCCCCNC(=O)C(CO)CC(=O)C(N)Cc1ccccc1. The molecule has 0 aliphatic rings. The standard InChI is InChI=1S/C27H42N4O7/c28-22(24(35)14-19(16-32)26(30)37)11-10-21(34)9-5-2-6-12-31-27(38)20(17-33)15-25(36)23(29)13-18-7-3-1-4-8-18/h1,3-4,7-8,19-20,22-23,32-33H,2,5-6,9-17,28-29H2,(H2,30,37)(H,31,38). The van der Waals surface area contributed by atoms with Crippen LogP contribution >= 0.6 is 0 Å². The van der Waals surface area contributed by atoms with Gasteiger partial charge in [0.05, 0.1) is 37.1 Å². The van der Waals surface area contributed by atoms with E-state index in [1.54, 1.807) is 0 Å². The molecule has 0 spiro atoms. The fourth-order valence-corrected chi connectivity index (χ4v) is 3.85. The molecule has 212 valence electrons. The number of unbranched alkanes of at least 4 members (excludes halogenated alkanes) is 2. The Labute approximate surface area is 223 Å². The number of rotatable bonds is 21. The zero-order valence-corrected chi connectivity index (χ0v) is 21.8. The van der Waals surface area contributed by atoms with Gasteiger partial charge in [-0.15, -0.1) is 0 Å². The lowest BCUT2D eigenvalue weighted by atomic mass is 9.95. The monoisotopic (exact) mass is 534 g/mol. The fourth-order valence-electron chi connectivity index (χ4n) is 3.85. The van der Waals surface area contributed by atoms with E-state index in [4.69, 9.17) is 22.3 Å². The Bertz CT molecular complexity index is 910. The number of Topliss-reactive ketones (excluding diaryl/α,β-unsaturated/α-hetero) is 3. The highest BCUT2D eigenvalue weighted by Crippen LogP contribution is 2.11. The van der Waals surface area contributed by atoms with Gasteiger partial charge in [-0.3, -0.25) is 24.0 Å². The van der Waals surface area contributed by atoms with E-state index in [1.165, 1.54) is 0 Å². The van der Waals surface area contributed by atoms with Gasteiger partial charge in [-0.2, -0.15) is 0 Å². The number of hydrogen-bond acceptors (Lipinski definition) is 9. The topological polar surface area (TPSA) is 216 Å². The van der Waals surface area contributed by atoms with Gasteiger partial charge in [0.15, 0.2) is 5.78 Å². The molecule has 11 heteroatoms. The van der Waals surface area contributed by atoms with Crippen molar-refractivity contribution in [1.82, 2.24) is 5.32 Å². The molecule has 9 N–H and O–H groups in total.